The van der Waals surface area contributed by atoms with Gasteiger partial charge in [0.15, 0.2) is 0 Å². The zero-order valence-electron chi connectivity index (χ0n) is 9.26. The molecule has 5 nitrogen and oxygen atoms in total. The van der Waals surface area contributed by atoms with Crippen LogP contribution in [0.15, 0.2) is 12.4 Å². The van der Waals surface area contributed by atoms with Crippen molar-refractivity contribution in [1.82, 2.24) is 9.97 Å². The van der Waals surface area contributed by atoms with Crippen molar-refractivity contribution < 1.29 is 5.11 Å². The van der Waals surface area contributed by atoms with Gasteiger partial charge in [-0.2, -0.15) is 0 Å². The maximum Gasteiger partial charge on any atom is 0.222 e. The Morgan fingerprint density at radius 1 is 1.31 bits per heavy atom. The van der Waals surface area contributed by atoms with E-state index in [-0.39, 0.29) is 12.6 Å². The van der Waals surface area contributed by atoms with Crippen molar-refractivity contribution in [2.75, 3.05) is 17.7 Å². The number of hydrogen-bond acceptors (Lipinski definition) is 5. The fourth-order valence-electron chi connectivity index (χ4n) is 2.19. The number of nitrogens with zero attached hydrogens (tertiary/aromatic N) is 2. The van der Waals surface area contributed by atoms with Crippen LogP contribution in [0.4, 0.5) is 11.6 Å². The zero-order valence-corrected chi connectivity index (χ0v) is 9.26. The molecule has 0 aliphatic heterocycles. The third-order valence-corrected chi connectivity index (χ3v) is 3.13. The van der Waals surface area contributed by atoms with Crippen LogP contribution in [0.25, 0.3) is 0 Å². The number of hydrogen-bond donors (Lipinski definition) is 3. The van der Waals surface area contributed by atoms with Crippen molar-refractivity contribution in [2.24, 2.45) is 5.92 Å². The number of nitrogens with two attached hydrogens (primary N) is 1. The summed E-state index contributed by atoms with van der Waals surface area (Å²) in [6.07, 6.45) is 7.72. The lowest BCUT2D eigenvalue weighted by Gasteiger charge is -2.30. The Bertz CT molecular complexity index is 327. The quantitative estimate of drug-likeness (QED) is 0.711. The lowest BCUT2D eigenvalue weighted by atomic mass is 9.85. The van der Waals surface area contributed by atoms with Gasteiger partial charge in [0, 0.05) is 18.6 Å². The van der Waals surface area contributed by atoms with Crippen LogP contribution in [-0.2, 0) is 0 Å². The van der Waals surface area contributed by atoms with Crippen molar-refractivity contribution in [3.8, 4) is 0 Å². The average molecular weight is 222 g/mol. The number of nitrogen functional groups attached to an aromatic ring is 1. The van der Waals surface area contributed by atoms with Crippen LogP contribution in [-0.4, -0.2) is 27.7 Å². The van der Waals surface area contributed by atoms with E-state index in [0.29, 0.717) is 17.6 Å². The first kappa shape index (κ1) is 11.1. The van der Waals surface area contributed by atoms with E-state index in [4.69, 9.17) is 5.73 Å². The van der Waals surface area contributed by atoms with Gasteiger partial charge in [-0.3, -0.25) is 0 Å². The Morgan fingerprint density at radius 3 is 2.69 bits per heavy atom. The largest absolute Gasteiger partial charge is 0.396 e. The molecular formula is C11H18N4O. The van der Waals surface area contributed by atoms with Gasteiger partial charge >= 0.3 is 0 Å². The summed E-state index contributed by atoms with van der Waals surface area (Å²) in [6.45, 7) is 0.229. The first-order valence-corrected chi connectivity index (χ1v) is 5.74. The van der Waals surface area contributed by atoms with Crippen LogP contribution in [0.1, 0.15) is 25.7 Å². The van der Waals surface area contributed by atoms with E-state index in [9.17, 15) is 5.11 Å². The predicted molar refractivity (Wildman–Crippen MR) is 62.9 cm³/mol. The van der Waals surface area contributed by atoms with Gasteiger partial charge in [0.05, 0.1) is 18.1 Å². The van der Waals surface area contributed by atoms with Crippen LogP contribution in [0.3, 0.4) is 0 Å². The number of aliphatic hydroxyl groups is 1. The van der Waals surface area contributed by atoms with Crippen molar-refractivity contribution in [3.63, 3.8) is 0 Å². The molecule has 0 bridgehead atoms. The maximum atomic E-state index is 9.28. The third kappa shape index (κ3) is 2.61. The molecule has 1 fully saturated rings. The fraction of sp³-hybridized carbons (Fsp3) is 0.636. The van der Waals surface area contributed by atoms with Gasteiger partial charge in [-0.15, -0.1) is 0 Å². The minimum atomic E-state index is 0.229. The molecule has 16 heavy (non-hydrogen) atoms. The number of nitrogens with one attached hydrogen (secondary N) is 1. The zero-order chi connectivity index (χ0) is 11.4. The second-order valence-electron chi connectivity index (χ2n) is 4.32. The molecule has 4 N–H and O–H groups in total. The lowest BCUT2D eigenvalue weighted by Crippen LogP contribution is -2.34. The Kier molecular flexibility index (Phi) is 3.56. The average Bonchev–Trinajstić information content (AvgIpc) is 2.33. The molecule has 0 spiro atoms. The number of anilines is 2. The van der Waals surface area contributed by atoms with Gasteiger partial charge in [-0.1, -0.05) is 12.8 Å². The molecule has 1 saturated carbocycles. The van der Waals surface area contributed by atoms with Crippen molar-refractivity contribution in [3.05, 3.63) is 12.4 Å². The summed E-state index contributed by atoms with van der Waals surface area (Å²) in [7, 11) is 0. The molecule has 2 rings (SSSR count). The van der Waals surface area contributed by atoms with Crippen LogP contribution >= 0.6 is 0 Å². The molecule has 88 valence electrons. The Labute approximate surface area is 95.1 Å². The molecule has 1 aromatic rings. The number of aliphatic hydroxyl groups excluding tert-OH is 1. The van der Waals surface area contributed by atoms with Crippen molar-refractivity contribution >= 4 is 11.6 Å². The van der Waals surface area contributed by atoms with Crippen LogP contribution < -0.4 is 11.1 Å². The van der Waals surface area contributed by atoms with Gasteiger partial charge in [-0.05, 0) is 12.8 Å². The van der Waals surface area contributed by atoms with E-state index in [1.54, 1.807) is 12.4 Å². The standard InChI is InChI=1S/C11H18N4O/c12-9-5-13-11(14-6-9)15-10-4-2-1-3-8(10)7-16/h5-6,8,10,16H,1-4,7,12H2,(H,13,14,15). The van der Waals surface area contributed by atoms with Gasteiger partial charge < -0.3 is 16.2 Å². The third-order valence-electron chi connectivity index (χ3n) is 3.13. The number of rotatable bonds is 3. The lowest BCUT2D eigenvalue weighted by molar-refractivity contribution is 0.178. The van der Waals surface area contributed by atoms with Crippen molar-refractivity contribution in [1.29, 1.82) is 0 Å². The van der Waals surface area contributed by atoms with Gasteiger partial charge in [0.1, 0.15) is 0 Å². The van der Waals surface area contributed by atoms with E-state index in [0.717, 1.165) is 12.8 Å². The molecule has 1 aromatic heterocycles. The summed E-state index contributed by atoms with van der Waals surface area (Å²) in [5.74, 6) is 0.912. The summed E-state index contributed by atoms with van der Waals surface area (Å²) in [5, 5.41) is 12.6. The highest BCUT2D eigenvalue weighted by Gasteiger charge is 2.24. The molecule has 1 aliphatic rings. The molecule has 0 radical (unpaired) electrons. The normalized spacial score (nSPS) is 25.3. The highest BCUT2D eigenvalue weighted by atomic mass is 16.3. The molecule has 1 heterocycles. The van der Waals surface area contributed by atoms with E-state index >= 15 is 0 Å². The SMILES string of the molecule is Nc1cnc(NC2CCCCC2CO)nc1. The summed E-state index contributed by atoms with van der Waals surface area (Å²) < 4.78 is 0. The Hall–Kier alpha value is -1.36. The molecule has 0 saturated heterocycles. The summed E-state index contributed by atoms with van der Waals surface area (Å²) >= 11 is 0. The fourth-order valence-corrected chi connectivity index (χ4v) is 2.19. The molecular weight excluding hydrogens is 204 g/mol. The Morgan fingerprint density at radius 2 is 2.00 bits per heavy atom. The van der Waals surface area contributed by atoms with Crippen molar-refractivity contribution in [2.45, 2.75) is 31.7 Å². The van der Waals surface area contributed by atoms with E-state index in [2.05, 4.69) is 15.3 Å². The molecule has 1 aliphatic carbocycles. The van der Waals surface area contributed by atoms with Crippen LogP contribution in [0, 0.1) is 5.92 Å². The van der Waals surface area contributed by atoms with Gasteiger partial charge in [0.25, 0.3) is 0 Å². The molecule has 2 atom stereocenters. The van der Waals surface area contributed by atoms with Gasteiger partial charge in [-0.25, -0.2) is 9.97 Å². The molecule has 5 heteroatoms. The highest BCUT2D eigenvalue weighted by Crippen LogP contribution is 2.25. The molecule has 0 amide bonds. The van der Waals surface area contributed by atoms with Crippen LogP contribution in [0.5, 0.6) is 0 Å². The summed E-state index contributed by atoms with van der Waals surface area (Å²) in [4.78, 5) is 8.22. The highest BCUT2D eigenvalue weighted by molar-refractivity contribution is 5.36. The first-order chi connectivity index (χ1) is 7.79. The van der Waals surface area contributed by atoms with E-state index < -0.39 is 0 Å². The number of aromatic nitrogens is 2. The second-order valence-corrected chi connectivity index (χ2v) is 4.32. The van der Waals surface area contributed by atoms with Gasteiger partial charge in [0.2, 0.25) is 5.95 Å². The summed E-state index contributed by atoms with van der Waals surface area (Å²) in [6, 6.07) is 0.280. The van der Waals surface area contributed by atoms with Crippen LogP contribution in [0.2, 0.25) is 0 Å². The molecule has 2 unspecified atom stereocenters. The second kappa shape index (κ2) is 5.12. The topological polar surface area (TPSA) is 84.1 Å². The minimum Gasteiger partial charge on any atom is -0.396 e. The van der Waals surface area contributed by atoms with E-state index in [1.807, 2.05) is 0 Å². The molecule has 0 aromatic carbocycles. The maximum absolute atomic E-state index is 9.28. The minimum absolute atomic E-state index is 0.229. The Balaban J connectivity index is 1.99. The summed E-state index contributed by atoms with van der Waals surface area (Å²) in [5.41, 5.74) is 6.08. The first-order valence-electron chi connectivity index (χ1n) is 5.74. The predicted octanol–water partition coefficient (Wildman–Crippen LogP) is 1.02. The van der Waals surface area contributed by atoms with E-state index in [1.165, 1.54) is 12.8 Å². The smallest absolute Gasteiger partial charge is 0.222 e. The monoisotopic (exact) mass is 222 g/mol.